The van der Waals surface area contributed by atoms with Crippen LogP contribution in [0, 0.1) is 0 Å². The van der Waals surface area contributed by atoms with E-state index < -0.39 is 0 Å². The average molecular weight is 267 g/mol. The summed E-state index contributed by atoms with van der Waals surface area (Å²) in [5, 5.41) is 0. The number of benzene rings is 2. The molecule has 20 heavy (non-hydrogen) atoms. The zero-order chi connectivity index (χ0) is 14.7. The molecule has 106 valence electrons. The van der Waals surface area contributed by atoms with Crippen molar-refractivity contribution < 1.29 is 0 Å². The first-order valence-electron chi connectivity index (χ1n) is 7.42. The molecule has 0 unspecified atom stereocenters. The minimum absolute atomic E-state index is 0.561. The number of nitrogens with zero attached hydrogens (tertiary/aromatic N) is 1. The molecule has 0 amide bonds. The van der Waals surface area contributed by atoms with Crippen molar-refractivity contribution in [3.05, 3.63) is 59.7 Å². The van der Waals surface area contributed by atoms with Gasteiger partial charge in [0, 0.05) is 18.4 Å². The van der Waals surface area contributed by atoms with E-state index in [4.69, 9.17) is 0 Å². The summed E-state index contributed by atoms with van der Waals surface area (Å²) in [5.41, 5.74) is 5.26. The van der Waals surface area contributed by atoms with Crippen molar-refractivity contribution in [1.82, 2.24) is 0 Å². The van der Waals surface area contributed by atoms with Crippen molar-refractivity contribution in [2.24, 2.45) is 0 Å². The molecule has 0 heterocycles. The second-order valence-electron chi connectivity index (χ2n) is 6.06. The summed E-state index contributed by atoms with van der Waals surface area (Å²) in [6.45, 7) is 8.94. The molecule has 0 saturated heterocycles. The largest absolute Gasteiger partial charge is 0.345 e. The standard InChI is InChI=1S/C19H25N/c1-14(2)16-8-6-10-18(12-16)20(5)19-11-7-9-17(13-19)15(3)4/h6-15H,1-5H3. The van der Waals surface area contributed by atoms with Crippen LogP contribution in [0.15, 0.2) is 48.5 Å². The summed E-state index contributed by atoms with van der Waals surface area (Å²) in [6.07, 6.45) is 0. The molecule has 2 rings (SSSR count). The van der Waals surface area contributed by atoms with Gasteiger partial charge in [-0.3, -0.25) is 0 Å². The third-order valence-corrected chi connectivity index (χ3v) is 3.85. The fraction of sp³-hybridized carbons (Fsp3) is 0.368. The zero-order valence-corrected chi connectivity index (χ0v) is 13.2. The van der Waals surface area contributed by atoms with Gasteiger partial charge >= 0.3 is 0 Å². The maximum absolute atomic E-state index is 2.28. The molecule has 0 bridgehead atoms. The van der Waals surface area contributed by atoms with Gasteiger partial charge in [0.05, 0.1) is 0 Å². The van der Waals surface area contributed by atoms with E-state index in [0.29, 0.717) is 11.8 Å². The zero-order valence-electron chi connectivity index (χ0n) is 13.2. The monoisotopic (exact) mass is 267 g/mol. The third-order valence-electron chi connectivity index (χ3n) is 3.85. The molecule has 0 N–H and O–H groups in total. The SMILES string of the molecule is CC(C)c1cccc(N(C)c2cccc(C(C)C)c2)c1. The Hall–Kier alpha value is -1.76. The molecular formula is C19H25N. The van der Waals surface area contributed by atoms with Crippen molar-refractivity contribution in [2.75, 3.05) is 11.9 Å². The summed E-state index contributed by atoms with van der Waals surface area (Å²) in [6, 6.07) is 17.6. The lowest BCUT2D eigenvalue weighted by atomic mass is 10.0. The molecule has 2 aromatic carbocycles. The van der Waals surface area contributed by atoms with Crippen molar-refractivity contribution in [2.45, 2.75) is 39.5 Å². The number of anilines is 2. The molecule has 0 atom stereocenters. The Morgan fingerprint density at radius 1 is 0.700 bits per heavy atom. The van der Waals surface area contributed by atoms with Gasteiger partial charge in [0.2, 0.25) is 0 Å². The second kappa shape index (κ2) is 6.13. The Balaban J connectivity index is 2.33. The summed E-state index contributed by atoms with van der Waals surface area (Å²) >= 11 is 0. The molecule has 0 aliphatic rings. The number of hydrogen-bond acceptors (Lipinski definition) is 1. The molecule has 0 spiro atoms. The van der Waals surface area contributed by atoms with Crippen LogP contribution in [0.4, 0.5) is 11.4 Å². The molecule has 0 radical (unpaired) electrons. The van der Waals surface area contributed by atoms with Gasteiger partial charge in [-0.1, -0.05) is 52.0 Å². The van der Waals surface area contributed by atoms with Crippen molar-refractivity contribution in [1.29, 1.82) is 0 Å². The van der Waals surface area contributed by atoms with Crippen molar-refractivity contribution in [3.63, 3.8) is 0 Å². The quantitative estimate of drug-likeness (QED) is 0.686. The van der Waals surface area contributed by atoms with Gasteiger partial charge in [-0.05, 0) is 47.2 Å². The Morgan fingerprint density at radius 2 is 1.10 bits per heavy atom. The molecule has 0 aliphatic heterocycles. The molecular weight excluding hydrogens is 242 g/mol. The van der Waals surface area contributed by atoms with Crippen LogP contribution < -0.4 is 4.90 Å². The van der Waals surface area contributed by atoms with Gasteiger partial charge in [-0.2, -0.15) is 0 Å². The first kappa shape index (κ1) is 14.6. The molecule has 0 aliphatic carbocycles. The predicted octanol–water partition coefficient (Wildman–Crippen LogP) is 5.70. The van der Waals surface area contributed by atoms with Crippen LogP contribution in [-0.2, 0) is 0 Å². The van der Waals surface area contributed by atoms with E-state index in [1.54, 1.807) is 0 Å². The average Bonchev–Trinajstić information content (AvgIpc) is 2.46. The van der Waals surface area contributed by atoms with Gasteiger partial charge in [0.1, 0.15) is 0 Å². The number of rotatable bonds is 4. The number of hydrogen-bond donors (Lipinski definition) is 0. The second-order valence-corrected chi connectivity index (χ2v) is 6.06. The topological polar surface area (TPSA) is 3.24 Å². The lowest BCUT2D eigenvalue weighted by molar-refractivity contribution is 0.864. The van der Waals surface area contributed by atoms with Crippen LogP contribution in [0.3, 0.4) is 0 Å². The molecule has 0 fully saturated rings. The van der Waals surface area contributed by atoms with Gasteiger partial charge in [0.15, 0.2) is 0 Å². The minimum atomic E-state index is 0.561. The molecule has 0 aromatic heterocycles. The van der Waals surface area contributed by atoms with Crippen LogP contribution >= 0.6 is 0 Å². The van der Waals surface area contributed by atoms with Crippen LogP contribution in [0.1, 0.15) is 50.7 Å². The normalized spacial score (nSPS) is 11.2. The smallest absolute Gasteiger partial charge is 0.0410 e. The van der Waals surface area contributed by atoms with E-state index in [0.717, 1.165) is 0 Å². The molecule has 0 saturated carbocycles. The summed E-state index contributed by atoms with van der Waals surface area (Å²) in [5.74, 6) is 1.12. The summed E-state index contributed by atoms with van der Waals surface area (Å²) in [4.78, 5) is 2.26. The summed E-state index contributed by atoms with van der Waals surface area (Å²) in [7, 11) is 2.14. The molecule has 1 heteroatoms. The van der Waals surface area contributed by atoms with E-state index in [2.05, 4.69) is 88.2 Å². The summed E-state index contributed by atoms with van der Waals surface area (Å²) < 4.78 is 0. The Morgan fingerprint density at radius 3 is 1.45 bits per heavy atom. The van der Waals surface area contributed by atoms with E-state index >= 15 is 0 Å². The van der Waals surface area contributed by atoms with Gasteiger partial charge < -0.3 is 4.90 Å². The van der Waals surface area contributed by atoms with Crippen molar-refractivity contribution >= 4 is 11.4 Å². The van der Waals surface area contributed by atoms with E-state index in [1.165, 1.54) is 22.5 Å². The third kappa shape index (κ3) is 3.22. The highest BCUT2D eigenvalue weighted by molar-refractivity contribution is 5.64. The van der Waals surface area contributed by atoms with Gasteiger partial charge in [0.25, 0.3) is 0 Å². The van der Waals surface area contributed by atoms with E-state index in [1.807, 2.05) is 0 Å². The van der Waals surface area contributed by atoms with Gasteiger partial charge in [-0.15, -0.1) is 0 Å². The van der Waals surface area contributed by atoms with Crippen LogP contribution in [0.5, 0.6) is 0 Å². The van der Waals surface area contributed by atoms with Crippen LogP contribution in [0.25, 0.3) is 0 Å². The Bertz CT molecular complexity index is 518. The highest BCUT2D eigenvalue weighted by Crippen LogP contribution is 2.28. The maximum atomic E-state index is 2.28. The Labute approximate surface area is 123 Å². The minimum Gasteiger partial charge on any atom is -0.345 e. The predicted molar refractivity (Wildman–Crippen MR) is 89.1 cm³/mol. The maximum Gasteiger partial charge on any atom is 0.0410 e. The fourth-order valence-electron chi connectivity index (χ4n) is 2.33. The van der Waals surface area contributed by atoms with Gasteiger partial charge in [-0.25, -0.2) is 0 Å². The highest BCUT2D eigenvalue weighted by Gasteiger charge is 2.08. The van der Waals surface area contributed by atoms with Crippen LogP contribution in [-0.4, -0.2) is 7.05 Å². The first-order valence-corrected chi connectivity index (χ1v) is 7.42. The fourth-order valence-corrected chi connectivity index (χ4v) is 2.33. The van der Waals surface area contributed by atoms with Crippen molar-refractivity contribution in [3.8, 4) is 0 Å². The molecule has 2 aromatic rings. The Kier molecular flexibility index (Phi) is 4.49. The van der Waals surface area contributed by atoms with E-state index in [-0.39, 0.29) is 0 Å². The van der Waals surface area contributed by atoms with Crippen LogP contribution in [0.2, 0.25) is 0 Å². The van der Waals surface area contributed by atoms with E-state index in [9.17, 15) is 0 Å². The highest BCUT2D eigenvalue weighted by atomic mass is 15.1. The lowest BCUT2D eigenvalue weighted by Crippen LogP contribution is -2.10. The molecule has 1 nitrogen and oxygen atoms in total. The first-order chi connectivity index (χ1) is 9.49. The lowest BCUT2D eigenvalue weighted by Gasteiger charge is -2.22.